The van der Waals surface area contributed by atoms with E-state index < -0.39 is 45.1 Å². The van der Waals surface area contributed by atoms with Crippen molar-refractivity contribution < 1.29 is 36.2 Å². The fraction of sp³-hybridized carbons (Fsp3) is 0.235. The van der Waals surface area contributed by atoms with E-state index in [-0.39, 0.29) is 25.1 Å². The van der Waals surface area contributed by atoms with Crippen LogP contribution in [0.4, 0.5) is 22.0 Å². The van der Waals surface area contributed by atoms with Gasteiger partial charge in [0.05, 0.1) is 10.1 Å². The van der Waals surface area contributed by atoms with Crippen molar-refractivity contribution in [1.82, 2.24) is 5.32 Å². The first kappa shape index (κ1) is 19.3. The zero-order chi connectivity index (χ0) is 19.7. The van der Waals surface area contributed by atoms with Gasteiger partial charge >= 0.3 is 0 Å². The lowest BCUT2D eigenvalue weighted by Gasteiger charge is -2.14. The zero-order valence-corrected chi connectivity index (χ0v) is 14.6. The van der Waals surface area contributed by atoms with Crippen LogP contribution in [-0.2, 0) is 11.3 Å². The maximum absolute atomic E-state index is 13.7. The minimum Gasteiger partial charge on any atom is -0.454 e. The van der Waals surface area contributed by atoms with Crippen molar-refractivity contribution in [2.75, 3.05) is 6.79 Å². The standard InChI is InChI=1S/C17H12F5NO3S/c1-7(27-16-14(21)12(19)11(18)13(20)15(16)22)17(24)23-5-8-2-3-9-10(4-8)26-6-25-9/h2-4,7H,5-6H2,1H3,(H,23,24)/t7-/m1/s1. The Balaban J connectivity index is 1.66. The molecule has 4 nitrogen and oxygen atoms in total. The molecule has 0 fully saturated rings. The van der Waals surface area contributed by atoms with Crippen LogP contribution in [0.2, 0.25) is 0 Å². The maximum Gasteiger partial charge on any atom is 0.233 e. The molecule has 1 aliphatic rings. The van der Waals surface area contributed by atoms with Gasteiger partial charge in [0.15, 0.2) is 34.8 Å². The van der Waals surface area contributed by atoms with Crippen molar-refractivity contribution in [1.29, 1.82) is 0 Å². The van der Waals surface area contributed by atoms with E-state index in [1.54, 1.807) is 18.2 Å². The lowest BCUT2D eigenvalue weighted by atomic mass is 10.2. The second-order valence-corrected chi connectivity index (χ2v) is 6.92. The number of amides is 1. The molecule has 0 spiro atoms. The first-order chi connectivity index (χ1) is 12.8. The summed E-state index contributed by atoms with van der Waals surface area (Å²) in [6.45, 7) is 1.47. The van der Waals surface area contributed by atoms with Crippen LogP contribution in [0, 0.1) is 29.1 Å². The molecule has 1 amide bonds. The minimum atomic E-state index is -2.24. The number of nitrogens with one attached hydrogen (secondary N) is 1. The fourth-order valence-electron chi connectivity index (χ4n) is 2.30. The van der Waals surface area contributed by atoms with E-state index in [0.29, 0.717) is 17.1 Å². The summed E-state index contributed by atoms with van der Waals surface area (Å²) in [5.74, 6) is -9.82. The van der Waals surface area contributed by atoms with Gasteiger partial charge in [0, 0.05) is 6.54 Å². The van der Waals surface area contributed by atoms with Gasteiger partial charge in [0.2, 0.25) is 18.5 Å². The number of carbonyl (C=O) groups excluding carboxylic acids is 1. The van der Waals surface area contributed by atoms with E-state index >= 15 is 0 Å². The molecule has 1 heterocycles. The van der Waals surface area contributed by atoms with Crippen molar-refractivity contribution in [3.8, 4) is 11.5 Å². The van der Waals surface area contributed by atoms with Crippen molar-refractivity contribution in [2.24, 2.45) is 0 Å². The van der Waals surface area contributed by atoms with Gasteiger partial charge in [-0.1, -0.05) is 6.07 Å². The van der Waals surface area contributed by atoms with E-state index in [1.807, 2.05) is 0 Å². The number of hydrogen-bond donors (Lipinski definition) is 1. The van der Waals surface area contributed by atoms with Crippen LogP contribution in [0.3, 0.4) is 0 Å². The average Bonchev–Trinajstić information content (AvgIpc) is 3.13. The monoisotopic (exact) mass is 405 g/mol. The van der Waals surface area contributed by atoms with Crippen LogP contribution in [0.15, 0.2) is 23.1 Å². The normalized spacial score (nSPS) is 13.6. The third-order valence-electron chi connectivity index (χ3n) is 3.74. The Bertz CT molecular complexity index is 880. The summed E-state index contributed by atoms with van der Waals surface area (Å²) in [6, 6.07) is 5.01. The van der Waals surface area contributed by atoms with E-state index in [2.05, 4.69) is 5.32 Å². The smallest absolute Gasteiger partial charge is 0.233 e. The number of ether oxygens (including phenoxy) is 2. The summed E-state index contributed by atoms with van der Waals surface area (Å²) in [7, 11) is 0. The molecule has 144 valence electrons. The third kappa shape index (κ3) is 3.80. The van der Waals surface area contributed by atoms with Gasteiger partial charge in [-0.2, -0.15) is 0 Å². The number of benzene rings is 2. The molecule has 1 N–H and O–H groups in total. The fourth-order valence-corrected chi connectivity index (χ4v) is 3.23. The summed E-state index contributed by atoms with van der Waals surface area (Å²) in [4.78, 5) is 11.0. The molecular weight excluding hydrogens is 393 g/mol. The lowest BCUT2D eigenvalue weighted by molar-refractivity contribution is -0.120. The van der Waals surface area contributed by atoms with Gasteiger partial charge in [-0.25, -0.2) is 22.0 Å². The van der Waals surface area contributed by atoms with Crippen LogP contribution >= 0.6 is 11.8 Å². The largest absolute Gasteiger partial charge is 0.454 e. The van der Waals surface area contributed by atoms with E-state index in [1.165, 1.54) is 6.92 Å². The van der Waals surface area contributed by atoms with E-state index in [0.717, 1.165) is 0 Å². The van der Waals surface area contributed by atoms with E-state index in [9.17, 15) is 26.7 Å². The quantitative estimate of drug-likeness (QED) is 0.355. The number of hydrogen-bond acceptors (Lipinski definition) is 4. The molecule has 0 aliphatic carbocycles. The Morgan fingerprint density at radius 1 is 1.04 bits per heavy atom. The first-order valence-electron chi connectivity index (χ1n) is 7.64. The molecular formula is C17H12F5NO3S. The van der Waals surface area contributed by atoms with Gasteiger partial charge in [0.1, 0.15) is 0 Å². The summed E-state index contributed by atoms with van der Waals surface area (Å²) < 4.78 is 77.3. The molecule has 0 saturated heterocycles. The molecule has 10 heteroatoms. The molecule has 0 aromatic heterocycles. The predicted molar refractivity (Wildman–Crippen MR) is 86.0 cm³/mol. The van der Waals surface area contributed by atoms with Gasteiger partial charge in [-0.15, -0.1) is 11.8 Å². The summed E-state index contributed by atoms with van der Waals surface area (Å²) >= 11 is 0.244. The second kappa shape index (κ2) is 7.63. The Morgan fingerprint density at radius 3 is 2.30 bits per heavy atom. The highest BCUT2D eigenvalue weighted by atomic mass is 32.2. The van der Waals surface area contributed by atoms with Crippen molar-refractivity contribution in [2.45, 2.75) is 23.6 Å². The van der Waals surface area contributed by atoms with Crippen molar-refractivity contribution in [3.63, 3.8) is 0 Å². The van der Waals surface area contributed by atoms with Crippen LogP contribution < -0.4 is 14.8 Å². The molecule has 1 atom stereocenters. The molecule has 1 aliphatic heterocycles. The van der Waals surface area contributed by atoms with Crippen molar-refractivity contribution in [3.05, 3.63) is 52.8 Å². The lowest BCUT2D eigenvalue weighted by Crippen LogP contribution is -2.30. The Morgan fingerprint density at radius 2 is 1.63 bits per heavy atom. The topological polar surface area (TPSA) is 47.6 Å². The first-order valence-corrected chi connectivity index (χ1v) is 8.52. The van der Waals surface area contributed by atoms with Gasteiger partial charge < -0.3 is 14.8 Å². The Labute approximate surface area is 154 Å². The summed E-state index contributed by atoms with van der Waals surface area (Å²) in [5.41, 5.74) is 0.682. The molecule has 0 bridgehead atoms. The molecule has 0 saturated carbocycles. The van der Waals surface area contributed by atoms with Crippen LogP contribution in [-0.4, -0.2) is 18.0 Å². The average molecular weight is 405 g/mol. The predicted octanol–water partition coefficient (Wildman–Crippen LogP) is 3.91. The van der Waals surface area contributed by atoms with Crippen LogP contribution in [0.25, 0.3) is 0 Å². The number of fused-ring (bicyclic) bond motifs is 1. The number of carbonyl (C=O) groups is 1. The molecule has 2 aromatic carbocycles. The molecule has 0 unspecified atom stereocenters. The van der Waals surface area contributed by atoms with Crippen LogP contribution in [0.5, 0.6) is 11.5 Å². The van der Waals surface area contributed by atoms with Gasteiger partial charge in [-0.3, -0.25) is 4.79 Å². The number of rotatable bonds is 5. The summed E-state index contributed by atoms with van der Waals surface area (Å²) in [5, 5.41) is 1.42. The SMILES string of the molecule is C[C@@H](Sc1c(F)c(F)c(F)c(F)c1F)C(=O)NCc1ccc2c(c1)OCO2. The highest BCUT2D eigenvalue weighted by Crippen LogP contribution is 2.34. The number of halogens is 5. The highest BCUT2D eigenvalue weighted by molar-refractivity contribution is 8.00. The minimum absolute atomic E-state index is 0.0808. The molecule has 27 heavy (non-hydrogen) atoms. The Hall–Kier alpha value is -2.49. The molecule has 2 aromatic rings. The van der Waals surface area contributed by atoms with Crippen molar-refractivity contribution >= 4 is 17.7 Å². The third-order valence-corrected chi connectivity index (χ3v) is 4.90. The van der Waals surface area contributed by atoms with Crippen LogP contribution in [0.1, 0.15) is 12.5 Å². The van der Waals surface area contributed by atoms with Gasteiger partial charge in [-0.05, 0) is 24.6 Å². The zero-order valence-electron chi connectivity index (χ0n) is 13.7. The Kier molecular flexibility index (Phi) is 5.45. The molecule has 3 rings (SSSR count). The van der Waals surface area contributed by atoms with E-state index in [4.69, 9.17) is 9.47 Å². The second-order valence-electron chi connectivity index (χ2n) is 5.56. The van der Waals surface area contributed by atoms with Gasteiger partial charge in [0.25, 0.3) is 0 Å². The molecule has 0 radical (unpaired) electrons. The maximum atomic E-state index is 13.7. The highest BCUT2D eigenvalue weighted by Gasteiger charge is 2.28. The summed E-state index contributed by atoms with van der Waals surface area (Å²) in [6.07, 6.45) is 0. The number of thioether (sulfide) groups is 1.